The third-order valence-corrected chi connectivity index (χ3v) is 7.53. The second-order valence-corrected chi connectivity index (χ2v) is 10.3. The molecule has 1 aromatic carbocycles. The van der Waals surface area contributed by atoms with Crippen LogP contribution in [0.25, 0.3) is 0 Å². The van der Waals surface area contributed by atoms with Gasteiger partial charge in [-0.15, -0.1) is 11.8 Å². The first-order valence-corrected chi connectivity index (χ1v) is 13.4. The molecule has 1 aliphatic rings. The zero-order valence-electron chi connectivity index (χ0n) is 20.5. The molecule has 2 N–H and O–H groups in total. The number of aliphatic hydroxyl groups excluding tert-OH is 1. The highest BCUT2D eigenvalue weighted by Gasteiger charge is 2.47. The molecule has 0 bridgehead atoms. The van der Waals surface area contributed by atoms with Crippen molar-refractivity contribution in [3.8, 4) is 0 Å². The lowest BCUT2D eigenvalue weighted by Gasteiger charge is -2.30. The minimum atomic E-state index is -0.782. The molecule has 0 amide bonds. The Morgan fingerprint density at radius 3 is 2.53 bits per heavy atom. The predicted octanol–water partition coefficient (Wildman–Crippen LogP) is 6.41. The topological polar surface area (TPSA) is 83.8 Å². The van der Waals surface area contributed by atoms with Crippen molar-refractivity contribution in [2.75, 3.05) is 0 Å². The third kappa shape index (κ3) is 10.1. The van der Waals surface area contributed by atoms with Gasteiger partial charge in [-0.05, 0) is 50.2 Å². The highest BCUT2D eigenvalue weighted by atomic mass is 32.2. The number of ether oxygens (including phenoxy) is 1. The second kappa shape index (κ2) is 15.8. The Hall–Kier alpha value is -2.05. The van der Waals surface area contributed by atoms with Gasteiger partial charge in [0, 0.05) is 35.8 Å². The van der Waals surface area contributed by atoms with Gasteiger partial charge >= 0.3 is 11.9 Å². The molecule has 1 fully saturated rings. The third-order valence-electron chi connectivity index (χ3n) is 6.24. The molecule has 0 heterocycles. The average molecular weight is 489 g/mol. The SMILES string of the molecule is CCCCC/C=C/[C@@H](Sc1ccccc1)[C@@H]1[C@@H](C/C=C\CCCC(=O)O)[C@@H](O)C[C@@H]1OC(C)=O. The van der Waals surface area contributed by atoms with Gasteiger partial charge in [0.1, 0.15) is 6.10 Å². The molecule has 0 saturated heterocycles. The minimum absolute atomic E-state index is 0.0183. The van der Waals surface area contributed by atoms with E-state index in [0.29, 0.717) is 25.7 Å². The van der Waals surface area contributed by atoms with Gasteiger partial charge in [0.05, 0.1) is 6.10 Å². The maximum Gasteiger partial charge on any atom is 0.303 e. The van der Waals surface area contributed by atoms with Crippen LogP contribution in [-0.2, 0) is 14.3 Å². The van der Waals surface area contributed by atoms with E-state index in [1.54, 1.807) is 11.8 Å². The molecule has 1 saturated carbocycles. The number of esters is 1. The van der Waals surface area contributed by atoms with Crippen molar-refractivity contribution in [2.24, 2.45) is 11.8 Å². The molecule has 0 radical (unpaired) electrons. The monoisotopic (exact) mass is 488 g/mol. The second-order valence-electron chi connectivity index (χ2n) is 9.00. The van der Waals surface area contributed by atoms with E-state index in [-0.39, 0.29) is 35.6 Å². The fourth-order valence-electron chi connectivity index (χ4n) is 4.60. The van der Waals surface area contributed by atoms with Gasteiger partial charge in [0.2, 0.25) is 0 Å². The largest absolute Gasteiger partial charge is 0.481 e. The van der Waals surface area contributed by atoms with Crippen LogP contribution in [0.5, 0.6) is 0 Å². The molecular formula is C28H40O5S. The van der Waals surface area contributed by atoms with Gasteiger partial charge in [-0.1, -0.05) is 62.3 Å². The standard InChI is InChI=1S/C28H40O5S/c1-3-4-5-6-13-18-26(34-22-15-10-9-11-16-22)28-23(17-12-7-8-14-19-27(31)32)24(30)20-25(28)33-21(2)29/h7,9-13,15-16,18,23-26,28,30H,3-6,8,14,17,19-20H2,1-2H3,(H,31,32)/b12-7-,18-13+/t23-,24-,25-,26+,28+/m0/s1. The van der Waals surface area contributed by atoms with Gasteiger partial charge < -0.3 is 14.9 Å². The van der Waals surface area contributed by atoms with Gasteiger partial charge in [-0.3, -0.25) is 9.59 Å². The van der Waals surface area contributed by atoms with E-state index in [1.165, 1.54) is 19.8 Å². The minimum Gasteiger partial charge on any atom is -0.481 e. The van der Waals surface area contributed by atoms with Crippen LogP contribution in [0.3, 0.4) is 0 Å². The highest BCUT2D eigenvalue weighted by Crippen LogP contribution is 2.45. The van der Waals surface area contributed by atoms with E-state index >= 15 is 0 Å². The van der Waals surface area contributed by atoms with Crippen LogP contribution in [0.2, 0.25) is 0 Å². The number of carboxylic acids is 1. The van der Waals surface area contributed by atoms with Crippen molar-refractivity contribution in [2.45, 2.75) is 94.0 Å². The normalized spacial score (nSPS) is 23.5. The number of allylic oxidation sites excluding steroid dienone is 3. The number of carbonyl (C=O) groups excluding carboxylic acids is 1. The van der Waals surface area contributed by atoms with Crippen molar-refractivity contribution < 1.29 is 24.5 Å². The Bertz CT molecular complexity index is 791. The van der Waals surface area contributed by atoms with E-state index in [0.717, 1.165) is 17.7 Å². The molecule has 5 atom stereocenters. The quantitative estimate of drug-likeness (QED) is 0.128. The lowest BCUT2D eigenvalue weighted by molar-refractivity contribution is -0.148. The number of unbranched alkanes of at least 4 members (excludes halogenated alkanes) is 4. The molecule has 1 aromatic rings. The summed E-state index contributed by atoms with van der Waals surface area (Å²) in [5, 5.41) is 19.8. The highest BCUT2D eigenvalue weighted by molar-refractivity contribution is 8.00. The van der Waals surface area contributed by atoms with Gasteiger partial charge in [0.25, 0.3) is 0 Å². The van der Waals surface area contributed by atoms with Gasteiger partial charge in [0.15, 0.2) is 0 Å². The molecule has 0 unspecified atom stereocenters. The van der Waals surface area contributed by atoms with Crippen LogP contribution in [-0.4, -0.2) is 39.6 Å². The van der Waals surface area contributed by atoms with Crippen LogP contribution in [0.1, 0.15) is 71.6 Å². The van der Waals surface area contributed by atoms with E-state index in [9.17, 15) is 14.7 Å². The van der Waals surface area contributed by atoms with Crippen molar-refractivity contribution >= 4 is 23.7 Å². The van der Waals surface area contributed by atoms with E-state index in [4.69, 9.17) is 9.84 Å². The summed E-state index contributed by atoms with van der Waals surface area (Å²) < 4.78 is 5.72. The Kier molecular flexibility index (Phi) is 13.1. The fourth-order valence-corrected chi connectivity index (χ4v) is 5.95. The number of hydrogen-bond donors (Lipinski definition) is 2. The molecule has 34 heavy (non-hydrogen) atoms. The van der Waals surface area contributed by atoms with Crippen molar-refractivity contribution in [3.05, 3.63) is 54.6 Å². The first-order valence-electron chi connectivity index (χ1n) is 12.5. The summed E-state index contributed by atoms with van der Waals surface area (Å²) in [4.78, 5) is 23.7. The van der Waals surface area contributed by atoms with E-state index < -0.39 is 12.1 Å². The molecule has 5 nitrogen and oxygen atoms in total. The average Bonchev–Trinajstić information content (AvgIpc) is 3.09. The van der Waals surface area contributed by atoms with Crippen LogP contribution in [0, 0.1) is 11.8 Å². The Morgan fingerprint density at radius 1 is 1.12 bits per heavy atom. The summed E-state index contributed by atoms with van der Waals surface area (Å²) >= 11 is 1.76. The van der Waals surface area contributed by atoms with E-state index in [2.05, 4.69) is 31.2 Å². The Balaban J connectivity index is 2.21. The molecule has 1 aliphatic carbocycles. The summed E-state index contributed by atoms with van der Waals surface area (Å²) in [6, 6.07) is 10.2. The number of thioether (sulfide) groups is 1. The van der Waals surface area contributed by atoms with Crippen molar-refractivity contribution in [1.82, 2.24) is 0 Å². The van der Waals surface area contributed by atoms with Crippen LogP contribution >= 0.6 is 11.8 Å². The molecule has 2 rings (SSSR count). The number of carbonyl (C=O) groups is 2. The number of aliphatic carboxylic acids is 1. The summed E-state index contributed by atoms with van der Waals surface area (Å²) in [5.41, 5.74) is 0. The number of aliphatic hydroxyl groups is 1. The number of hydrogen-bond acceptors (Lipinski definition) is 5. The van der Waals surface area contributed by atoms with Crippen LogP contribution < -0.4 is 0 Å². The fraction of sp³-hybridized carbons (Fsp3) is 0.571. The van der Waals surface area contributed by atoms with Gasteiger partial charge in [-0.2, -0.15) is 0 Å². The smallest absolute Gasteiger partial charge is 0.303 e. The van der Waals surface area contributed by atoms with Crippen LogP contribution in [0.15, 0.2) is 59.5 Å². The van der Waals surface area contributed by atoms with E-state index in [1.807, 2.05) is 30.4 Å². The molecule has 6 heteroatoms. The summed E-state index contributed by atoms with van der Waals surface area (Å²) in [6.45, 7) is 3.63. The maximum atomic E-state index is 11.9. The maximum absolute atomic E-state index is 11.9. The predicted molar refractivity (Wildman–Crippen MR) is 138 cm³/mol. The zero-order chi connectivity index (χ0) is 24.8. The Morgan fingerprint density at radius 2 is 1.85 bits per heavy atom. The molecule has 188 valence electrons. The van der Waals surface area contributed by atoms with Crippen molar-refractivity contribution in [3.63, 3.8) is 0 Å². The first kappa shape index (κ1) is 28.2. The first-order chi connectivity index (χ1) is 16.4. The number of benzene rings is 1. The molecular weight excluding hydrogens is 448 g/mol. The number of rotatable bonds is 15. The van der Waals surface area contributed by atoms with Gasteiger partial charge in [-0.25, -0.2) is 0 Å². The summed E-state index contributed by atoms with van der Waals surface area (Å²) in [5.74, 6) is -1.16. The van der Waals surface area contributed by atoms with Crippen molar-refractivity contribution in [1.29, 1.82) is 0 Å². The van der Waals surface area contributed by atoms with Crippen LogP contribution in [0.4, 0.5) is 0 Å². The zero-order valence-corrected chi connectivity index (χ0v) is 21.3. The number of carboxylic acid groups (broad SMARTS) is 1. The molecule has 0 aliphatic heterocycles. The lowest BCUT2D eigenvalue weighted by Crippen LogP contribution is -2.32. The molecule has 0 aromatic heterocycles. The Labute approximate surface area is 208 Å². The summed E-state index contributed by atoms with van der Waals surface area (Å²) in [6.07, 6.45) is 14.8. The lowest BCUT2D eigenvalue weighted by atomic mass is 9.87. The summed E-state index contributed by atoms with van der Waals surface area (Å²) in [7, 11) is 0. The molecule has 0 spiro atoms.